The van der Waals surface area contributed by atoms with Crippen LogP contribution in [0.1, 0.15) is 15.9 Å². The van der Waals surface area contributed by atoms with Crippen molar-refractivity contribution in [1.82, 2.24) is 15.5 Å². The van der Waals surface area contributed by atoms with E-state index in [-0.39, 0.29) is 5.91 Å². The lowest BCUT2D eigenvalue weighted by Gasteiger charge is -2.05. The maximum Gasteiger partial charge on any atom is 0.251 e. The maximum atomic E-state index is 12.7. The van der Waals surface area contributed by atoms with Crippen LogP contribution in [0.5, 0.6) is 0 Å². The van der Waals surface area contributed by atoms with Gasteiger partial charge >= 0.3 is 0 Å². The number of halogens is 1. The van der Waals surface area contributed by atoms with Gasteiger partial charge in [0.05, 0.1) is 5.39 Å². The van der Waals surface area contributed by atoms with Gasteiger partial charge in [0.2, 0.25) is 0 Å². The molecule has 148 valence electrons. The highest BCUT2D eigenvalue weighted by Crippen LogP contribution is 2.29. The first kappa shape index (κ1) is 18.5. The highest BCUT2D eigenvalue weighted by molar-refractivity contribution is 6.31. The van der Waals surface area contributed by atoms with Crippen molar-refractivity contribution in [3.05, 3.63) is 89.1 Å². The predicted octanol–water partition coefficient (Wildman–Crippen LogP) is 5.60. The number of hydrogen-bond donors (Lipinski definition) is 2. The van der Waals surface area contributed by atoms with Gasteiger partial charge in [-0.2, -0.15) is 0 Å². The number of rotatable bonds is 5. The molecule has 0 saturated heterocycles. The number of nitrogens with zero attached hydrogens (tertiary/aromatic N) is 1. The third-order valence-electron chi connectivity index (χ3n) is 5.18. The van der Waals surface area contributed by atoms with Gasteiger partial charge in [-0.1, -0.05) is 47.1 Å². The first-order valence-electron chi connectivity index (χ1n) is 9.67. The molecule has 0 saturated carbocycles. The van der Waals surface area contributed by atoms with E-state index in [1.54, 1.807) is 6.07 Å². The molecule has 0 aliphatic heterocycles. The van der Waals surface area contributed by atoms with Gasteiger partial charge in [0, 0.05) is 39.8 Å². The van der Waals surface area contributed by atoms with Crippen molar-refractivity contribution in [2.75, 3.05) is 6.54 Å². The zero-order valence-electron chi connectivity index (χ0n) is 16.0. The molecule has 5 aromatic rings. The lowest BCUT2D eigenvalue weighted by molar-refractivity contribution is 0.0954. The summed E-state index contributed by atoms with van der Waals surface area (Å²) in [4.78, 5) is 15.9. The van der Waals surface area contributed by atoms with Crippen molar-refractivity contribution < 1.29 is 9.32 Å². The van der Waals surface area contributed by atoms with Gasteiger partial charge in [-0.3, -0.25) is 4.79 Å². The monoisotopic (exact) mass is 415 g/mol. The Kier molecular flexibility index (Phi) is 4.73. The smallest absolute Gasteiger partial charge is 0.251 e. The first-order valence-corrected chi connectivity index (χ1v) is 10.1. The van der Waals surface area contributed by atoms with Gasteiger partial charge in [0.25, 0.3) is 5.91 Å². The van der Waals surface area contributed by atoms with E-state index in [0.29, 0.717) is 29.3 Å². The highest BCUT2D eigenvalue weighted by Gasteiger charge is 2.14. The summed E-state index contributed by atoms with van der Waals surface area (Å²) in [6, 6.07) is 20.9. The number of nitrogens with one attached hydrogen (secondary N) is 2. The van der Waals surface area contributed by atoms with Gasteiger partial charge in [-0.25, -0.2) is 0 Å². The molecule has 2 N–H and O–H groups in total. The van der Waals surface area contributed by atoms with Crippen LogP contribution in [0.2, 0.25) is 5.02 Å². The molecule has 0 unspecified atom stereocenters. The Morgan fingerprint density at radius 2 is 1.90 bits per heavy atom. The largest absolute Gasteiger partial charge is 0.361 e. The number of aromatic amines is 1. The molecule has 6 heteroatoms. The quantitative estimate of drug-likeness (QED) is 0.392. The number of hydrogen-bond acceptors (Lipinski definition) is 3. The average molecular weight is 416 g/mol. The SMILES string of the molecule is O=C(NCCc1c[nH]c2ccc(Cl)cc12)c1ccc2noc(-c3ccccc3)c2c1. The Hall–Kier alpha value is -3.57. The highest BCUT2D eigenvalue weighted by atomic mass is 35.5. The molecule has 0 spiro atoms. The van der Waals surface area contributed by atoms with Gasteiger partial charge in [-0.05, 0) is 48.4 Å². The fourth-order valence-corrected chi connectivity index (χ4v) is 3.82. The van der Waals surface area contributed by atoms with Crippen LogP contribution < -0.4 is 5.32 Å². The molecule has 30 heavy (non-hydrogen) atoms. The van der Waals surface area contributed by atoms with E-state index in [0.717, 1.165) is 32.9 Å². The molecular weight excluding hydrogens is 398 g/mol. The summed E-state index contributed by atoms with van der Waals surface area (Å²) in [7, 11) is 0. The van der Waals surface area contributed by atoms with Crippen molar-refractivity contribution >= 4 is 39.3 Å². The van der Waals surface area contributed by atoms with Gasteiger partial charge in [0.1, 0.15) is 5.52 Å². The molecule has 2 heterocycles. The summed E-state index contributed by atoms with van der Waals surface area (Å²) in [6.45, 7) is 0.519. The van der Waals surface area contributed by atoms with Crippen molar-refractivity contribution in [2.45, 2.75) is 6.42 Å². The molecule has 0 fully saturated rings. The summed E-state index contributed by atoms with van der Waals surface area (Å²) in [6.07, 6.45) is 2.67. The van der Waals surface area contributed by atoms with E-state index in [2.05, 4.69) is 15.5 Å². The molecule has 1 amide bonds. The van der Waals surface area contributed by atoms with E-state index < -0.39 is 0 Å². The van der Waals surface area contributed by atoms with Gasteiger partial charge in [0.15, 0.2) is 5.76 Å². The summed E-state index contributed by atoms with van der Waals surface area (Å²) in [5.74, 6) is 0.533. The van der Waals surface area contributed by atoms with E-state index in [1.165, 1.54) is 0 Å². The fourth-order valence-electron chi connectivity index (χ4n) is 3.65. The first-order chi connectivity index (χ1) is 14.7. The zero-order valence-corrected chi connectivity index (χ0v) is 16.7. The van der Waals surface area contributed by atoms with Crippen LogP contribution in [0.15, 0.2) is 77.4 Å². The number of H-pyrrole nitrogens is 1. The third-order valence-corrected chi connectivity index (χ3v) is 5.42. The number of carbonyl (C=O) groups excluding carboxylic acids is 1. The molecule has 2 aromatic heterocycles. The molecule has 5 rings (SSSR count). The molecule has 0 bridgehead atoms. The summed E-state index contributed by atoms with van der Waals surface area (Å²) in [5, 5.41) is 9.70. The van der Waals surface area contributed by atoms with Crippen LogP contribution in [-0.2, 0) is 6.42 Å². The standard InChI is InChI=1S/C24H18ClN3O2/c25-18-7-9-21-19(13-18)17(14-27-21)10-11-26-24(29)16-6-8-22-20(12-16)23(30-28-22)15-4-2-1-3-5-15/h1-9,12-14,27H,10-11H2,(H,26,29). The molecule has 0 radical (unpaired) electrons. The average Bonchev–Trinajstić information content (AvgIpc) is 3.38. The topological polar surface area (TPSA) is 70.9 Å². The van der Waals surface area contributed by atoms with Crippen LogP contribution in [0.25, 0.3) is 33.1 Å². The molecule has 0 aliphatic rings. The third kappa shape index (κ3) is 3.44. The molecular formula is C24H18ClN3O2. The minimum atomic E-state index is -0.130. The number of benzene rings is 3. The summed E-state index contributed by atoms with van der Waals surface area (Å²) in [5.41, 5.74) is 4.38. The normalized spacial score (nSPS) is 11.2. The Balaban J connectivity index is 1.33. The second-order valence-corrected chi connectivity index (χ2v) is 7.56. The molecule has 3 aromatic carbocycles. The molecule has 5 nitrogen and oxygen atoms in total. The second kappa shape index (κ2) is 7.69. The van der Waals surface area contributed by atoms with Crippen molar-refractivity contribution in [1.29, 1.82) is 0 Å². The fraction of sp³-hybridized carbons (Fsp3) is 0.0833. The summed E-state index contributed by atoms with van der Waals surface area (Å²) < 4.78 is 5.52. The van der Waals surface area contributed by atoms with Crippen molar-refractivity contribution in [3.63, 3.8) is 0 Å². The van der Waals surface area contributed by atoms with E-state index in [1.807, 2.05) is 66.9 Å². The lowest BCUT2D eigenvalue weighted by Crippen LogP contribution is -2.25. The minimum absolute atomic E-state index is 0.130. The maximum absolute atomic E-state index is 12.7. The number of amides is 1. The van der Waals surface area contributed by atoms with Gasteiger partial charge < -0.3 is 14.8 Å². The van der Waals surface area contributed by atoms with Crippen LogP contribution in [0.4, 0.5) is 0 Å². The van der Waals surface area contributed by atoms with Crippen molar-refractivity contribution in [3.8, 4) is 11.3 Å². The van der Waals surface area contributed by atoms with E-state index >= 15 is 0 Å². The van der Waals surface area contributed by atoms with Crippen LogP contribution in [0, 0.1) is 0 Å². The number of fused-ring (bicyclic) bond motifs is 2. The summed E-state index contributed by atoms with van der Waals surface area (Å²) >= 11 is 6.11. The van der Waals surface area contributed by atoms with Gasteiger partial charge in [-0.15, -0.1) is 0 Å². The Labute approximate surface area is 177 Å². The lowest BCUT2D eigenvalue weighted by atomic mass is 10.1. The zero-order chi connectivity index (χ0) is 20.5. The van der Waals surface area contributed by atoms with E-state index in [9.17, 15) is 4.79 Å². The van der Waals surface area contributed by atoms with Crippen molar-refractivity contribution in [2.24, 2.45) is 0 Å². The molecule has 0 atom stereocenters. The van der Waals surface area contributed by atoms with Crippen LogP contribution in [-0.4, -0.2) is 22.6 Å². The van der Waals surface area contributed by atoms with E-state index in [4.69, 9.17) is 16.1 Å². The number of carbonyl (C=O) groups is 1. The van der Waals surface area contributed by atoms with Crippen LogP contribution >= 0.6 is 11.6 Å². The molecule has 0 aliphatic carbocycles. The number of aromatic nitrogens is 2. The predicted molar refractivity (Wildman–Crippen MR) is 119 cm³/mol. The Morgan fingerprint density at radius 3 is 2.77 bits per heavy atom. The second-order valence-electron chi connectivity index (χ2n) is 7.12. The minimum Gasteiger partial charge on any atom is -0.361 e. The van der Waals surface area contributed by atoms with Crippen LogP contribution in [0.3, 0.4) is 0 Å². The Morgan fingerprint density at radius 1 is 1.03 bits per heavy atom. The Bertz CT molecular complexity index is 1360.